The van der Waals surface area contributed by atoms with Crippen LogP contribution in [0.2, 0.25) is 0 Å². The maximum atomic E-state index is 12.0. The van der Waals surface area contributed by atoms with Crippen molar-refractivity contribution in [3.05, 3.63) is 30.1 Å². The molecule has 0 aromatic carbocycles. The monoisotopic (exact) mass is 248 g/mol. The summed E-state index contributed by atoms with van der Waals surface area (Å²) in [4.78, 5) is 17.9. The van der Waals surface area contributed by atoms with Crippen LogP contribution >= 0.6 is 0 Å². The molecule has 0 radical (unpaired) electrons. The number of hydrogen-bond donors (Lipinski definition) is 1. The number of carbonyl (C=O) groups excluding carboxylic acids is 1. The van der Waals surface area contributed by atoms with Gasteiger partial charge in [-0.3, -0.25) is 9.78 Å². The Kier molecular flexibility index (Phi) is 3.97. The van der Waals surface area contributed by atoms with Gasteiger partial charge in [-0.05, 0) is 25.0 Å². The Morgan fingerprint density at radius 1 is 1.44 bits per heavy atom. The summed E-state index contributed by atoms with van der Waals surface area (Å²) in [5, 5.41) is 10.2. The summed E-state index contributed by atoms with van der Waals surface area (Å²) in [5.74, 6) is -0.00921. The Labute approximate surface area is 108 Å². The molecule has 1 N–H and O–H groups in total. The Morgan fingerprint density at radius 2 is 2.17 bits per heavy atom. The quantitative estimate of drug-likeness (QED) is 0.883. The molecule has 4 heteroatoms. The molecule has 1 heterocycles. The highest BCUT2D eigenvalue weighted by Crippen LogP contribution is 2.32. The molecule has 98 valence electrons. The molecule has 1 saturated carbocycles. The van der Waals surface area contributed by atoms with Crippen molar-refractivity contribution < 1.29 is 9.90 Å². The van der Waals surface area contributed by atoms with Crippen LogP contribution in [0.5, 0.6) is 0 Å². The van der Waals surface area contributed by atoms with Gasteiger partial charge in [0.25, 0.3) is 0 Å². The fraction of sp³-hybridized carbons (Fsp3) is 0.571. The minimum absolute atomic E-state index is 0.00921. The van der Waals surface area contributed by atoms with Gasteiger partial charge in [-0.2, -0.15) is 0 Å². The Hall–Kier alpha value is -1.42. The van der Waals surface area contributed by atoms with Crippen molar-refractivity contribution in [2.45, 2.75) is 44.2 Å². The SMILES string of the molecule is CN(Cc1ccccn1)C(=O)CC1(O)CCCC1. The van der Waals surface area contributed by atoms with Crippen LogP contribution in [0.4, 0.5) is 0 Å². The topological polar surface area (TPSA) is 53.4 Å². The van der Waals surface area contributed by atoms with Crippen molar-refractivity contribution in [1.82, 2.24) is 9.88 Å². The summed E-state index contributed by atoms with van der Waals surface area (Å²) in [6, 6.07) is 5.66. The van der Waals surface area contributed by atoms with Crippen LogP contribution in [0.25, 0.3) is 0 Å². The summed E-state index contributed by atoms with van der Waals surface area (Å²) in [6.45, 7) is 0.496. The second-order valence-electron chi connectivity index (χ2n) is 5.18. The van der Waals surface area contributed by atoms with E-state index in [-0.39, 0.29) is 12.3 Å². The van der Waals surface area contributed by atoms with Gasteiger partial charge in [0.1, 0.15) is 0 Å². The van der Waals surface area contributed by atoms with E-state index >= 15 is 0 Å². The summed E-state index contributed by atoms with van der Waals surface area (Å²) in [6.07, 6.45) is 5.49. The van der Waals surface area contributed by atoms with E-state index in [1.54, 1.807) is 18.1 Å². The average molecular weight is 248 g/mol. The van der Waals surface area contributed by atoms with Crippen molar-refractivity contribution in [1.29, 1.82) is 0 Å². The molecule has 1 aliphatic carbocycles. The van der Waals surface area contributed by atoms with Gasteiger partial charge in [-0.25, -0.2) is 0 Å². The lowest BCUT2D eigenvalue weighted by molar-refractivity contribution is -0.135. The molecule has 1 aromatic rings. The van der Waals surface area contributed by atoms with Crippen LogP contribution in [0, 0.1) is 0 Å². The standard InChI is InChI=1S/C14H20N2O2/c1-16(11-12-6-2-5-9-15-12)13(17)10-14(18)7-3-4-8-14/h2,5-6,9,18H,3-4,7-8,10-11H2,1H3. The number of aliphatic hydroxyl groups is 1. The van der Waals surface area contributed by atoms with Crippen LogP contribution in [-0.2, 0) is 11.3 Å². The molecule has 1 amide bonds. The lowest BCUT2D eigenvalue weighted by atomic mass is 9.97. The molecule has 0 spiro atoms. The first-order chi connectivity index (χ1) is 8.59. The number of rotatable bonds is 4. The molecule has 0 saturated heterocycles. The highest BCUT2D eigenvalue weighted by molar-refractivity contribution is 5.77. The minimum atomic E-state index is -0.768. The number of amides is 1. The van der Waals surface area contributed by atoms with Gasteiger partial charge < -0.3 is 10.0 Å². The fourth-order valence-electron chi connectivity index (χ4n) is 2.45. The molecule has 1 fully saturated rings. The van der Waals surface area contributed by atoms with Crippen LogP contribution in [0.1, 0.15) is 37.8 Å². The van der Waals surface area contributed by atoms with Crippen molar-refractivity contribution in [2.24, 2.45) is 0 Å². The highest BCUT2D eigenvalue weighted by Gasteiger charge is 2.34. The maximum Gasteiger partial charge on any atom is 0.225 e. The zero-order valence-corrected chi connectivity index (χ0v) is 10.8. The van der Waals surface area contributed by atoms with Crippen molar-refractivity contribution in [3.63, 3.8) is 0 Å². The van der Waals surface area contributed by atoms with Gasteiger partial charge in [0.2, 0.25) is 5.91 Å². The molecule has 0 unspecified atom stereocenters. The number of carbonyl (C=O) groups is 1. The van der Waals surface area contributed by atoms with Crippen LogP contribution in [-0.4, -0.2) is 33.5 Å². The summed E-state index contributed by atoms with van der Waals surface area (Å²) in [5.41, 5.74) is 0.0990. The first-order valence-electron chi connectivity index (χ1n) is 6.45. The van der Waals surface area contributed by atoms with Crippen molar-refractivity contribution in [3.8, 4) is 0 Å². The first-order valence-corrected chi connectivity index (χ1v) is 6.45. The Bertz CT molecular complexity index is 400. The molecular weight excluding hydrogens is 228 g/mol. The van der Waals surface area contributed by atoms with E-state index in [9.17, 15) is 9.90 Å². The van der Waals surface area contributed by atoms with E-state index in [0.717, 1.165) is 31.4 Å². The third-order valence-corrected chi connectivity index (χ3v) is 3.57. The van der Waals surface area contributed by atoms with E-state index < -0.39 is 5.60 Å². The van der Waals surface area contributed by atoms with E-state index in [1.165, 1.54) is 0 Å². The molecule has 2 rings (SSSR count). The van der Waals surface area contributed by atoms with E-state index in [1.807, 2.05) is 18.2 Å². The number of pyridine rings is 1. The third kappa shape index (κ3) is 3.29. The first kappa shape index (κ1) is 13.0. The molecule has 0 bridgehead atoms. The molecular formula is C14H20N2O2. The predicted octanol–water partition coefficient (Wildman–Crippen LogP) is 1.74. The fourth-order valence-corrected chi connectivity index (χ4v) is 2.45. The largest absolute Gasteiger partial charge is 0.389 e. The van der Waals surface area contributed by atoms with Gasteiger partial charge in [-0.1, -0.05) is 18.9 Å². The average Bonchev–Trinajstić information content (AvgIpc) is 2.77. The van der Waals surface area contributed by atoms with E-state index in [4.69, 9.17) is 0 Å². The van der Waals surface area contributed by atoms with Gasteiger partial charge in [0.15, 0.2) is 0 Å². The summed E-state index contributed by atoms with van der Waals surface area (Å²) < 4.78 is 0. The van der Waals surface area contributed by atoms with Gasteiger partial charge >= 0.3 is 0 Å². The van der Waals surface area contributed by atoms with E-state index in [2.05, 4.69) is 4.98 Å². The lowest BCUT2D eigenvalue weighted by Crippen LogP contribution is -2.35. The van der Waals surface area contributed by atoms with Crippen LogP contribution in [0.15, 0.2) is 24.4 Å². The summed E-state index contributed by atoms with van der Waals surface area (Å²) in [7, 11) is 1.76. The normalized spacial score (nSPS) is 17.7. The second kappa shape index (κ2) is 5.48. The number of aromatic nitrogens is 1. The zero-order chi connectivity index (χ0) is 13.0. The molecule has 18 heavy (non-hydrogen) atoms. The van der Waals surface area contributed by atoms with Crippen LogP contribution < -0.4 is 0 Å². The maximum absolute atomic E-state index is 12.0. The second-order valence-corrected chi connectivity index (χ2v) is 5.18. The van der Waals surface area contributed by atoms with Crippen molar-refractivity contribution in [2.75, 3.05) is 7.05 Å². The number of hydrogen-bond acceptors (Lipinski definition) is 3. The molecule has 0 aliphatic heterocycles. The van der Waals surface area contributed by atoms with Crippen LogP contribution in [0.3, 0.4) is 0 Å². The Balaban J connectivity index is 1.89. The summed E-state index contributed by atoms with van der Waals surface area (Å²) >= 11 is 0. The number of nitrogens with zero attached hydrogens (tertiary/aromatic N) is 2. The van der Waals surface area contributed by atoms with Crippen molar-refractivity contribution >= 4 is 5.91 Å². The third-order valence-electron chi connectivity index (χ3n) is 3.57. The van der Waals surface area contributed by atoms with Gasteiger partial charge in [0, 0.05) is 13.2 Å². The predicted molar refractivity (Wildman–Crippen MR) is 68.7 cm³/mol. The molecule has 0 atom stereocenters. The minimum Gasteiger partial charge on any atom is -0.389 e. The molecule has 4 nitrogen and oxygen atoms in total. The Morgan fingerprint density at radius 3 is 2.78 bits per heavy atom. The lowest BCUT2D eigenvalue weighted by Gasteiger charge is -2.25. The van der Waals surface area contributed by atoms with Gasteiger partial charge in [0.05, 0.1) is 24.3 Å². The zero-order valence-electron chi connectivity index (χ0n) is 10.8. The van der Waals surface area contributed by atoms with E-state index in [0.29, 0.717) is 6.54 Å². The molecule has 1 aliphatic rings. The van der Waals surface area contributed by atoms with Gasteiger partial charge in [-0.15, -0.1) is 0 Å². The highest BCUT2D eigenvalue weighted by atomic mass is 16.3. The smallest absolute Gasteiger partial charge is 0.225 e. The molecule has 1 aromatic heterocycles.